The predicted octanol–water partition coefficient (Wildman–Crippen LogP) is 3.69. The number of benzene rings is 1. The summed E-state index contributed by atoms with van der Waals surface area (Å²) >= 11 is 2.77. The maximum Gasteiger partial charge on any atom is 0.236 e. The van der Waals surface area contributed by atoms with Gasteiger partial charge < -0.3 is 5.32 Å². The van der Waals surface area contributed by atoms with Crippen LogP contribution < -0.4 is 5.32 Å². The Morgan fingerprint density at radius 1 is 1.28 bits per heavy atom. The van der Waals surface area contributed by atoms with E-state index < -0.39 is 0 Å². The number of hydrogen-bond donors (Lipinski definition) is 1. The lowest BCUT2D eigenvalue weighted by molar-refractivity contribution is -0.113. The number of nitrogens with one attached hydrogen (secondary N) is 1. The Labute approximate surface area is 152 Å². The van der Waals surface area contributed by atoms with E-state index >= 15 is 0 Å². The Kier molecular flexibility index (Phi) is 4.14. The predicted molar refractivity (Wildman–Crippen MR) is 101 cm³/mol. The molecule has 0 saturated heterocycles. The van der Waals surface area contributed by atoms with Gasteiger partial charge in [0.1, 0.15) is 0 Å². The first kappa shape index (κ1) is 16.0. The van der Waals surface area contributed by atoms with Crippen molar-refractivity contribution in [3.63, 3.8) is 0 Å². The van der Waals surface area contributed by atoms with Crippen LogP contribution in [0.2, 0.25) is 0 Å². The molecule has 6 nitrogen and oxygen atoms in total. The number of para-hydroxylation sites is 1. The maximum absolute atomic E-state index is 12.1. The smallest absolute Gasteiger partial charge is 0.236 e. The van der Waals surface area contributed by atoms with E-state index in [0.717, 1.165) is 22.3 Å². The molecule has 0 saturated carbocycles. The Hall–Kier alpha value is -2.45. The number of fused-ring (bicyclic) bond motifs is 3. The number of carbonyl (C=O) groups excluding carboxylic acids is 1. The second-order valence-corrected chi connectivity index (χ2v) is 7.49. The van der Waals surface area contributed by atoms with Gasteiger partial charge in [0.05, 0.1) is 11.3 Å². The minimum atomic E-state index is -0.107. The number of carbonyl (C=O) groups is 1. The highest BCUT2D eigenvalue weighted by Crippen LogP contribution is 2.28. The van der Waals surface area contributed by atoms with Crippen LogP contribution in [0.15, 0.2) is 41.0 Å². The van der Waals surface area contributed by atoms with Gasteiger partial charge in [-0.2, -0.15) is 0 Å². The second kappa shape index (κ2) is 6.45. The van der Waals surface area contributed by atoms with Crippen molar-refractivity contribution in [1.29, 1.82) is 0 Å². The molecule has 1 aromatic carbocycles. The second-order valence-electron chi connectivity index (χ2n) is 5.65. The molecule has 1 amide bonds. The van der Waals surface area contributed by atoms with Crippen molar-refractivity contribution in [3.8, 4) is 0 Å². The van der Waals surface area contributed by atoms with Crippen molar-refractivity contribution in [1.82, 2.24) is 19.6 Å². The van der Waals surface area contributed by atoms with E-state index in [9.17, 15) is 4.79 Å². The number of thioether (sulfide) groups is 1. The van der Waals surface area contributed by atoms with Gasteiger partial charge in [0.15, 0.2) is 15.9 Å². The lowest BCUT2D eigenvalue weighted by Gasteiger charge is -2.09. The Morgan fingerprint density at radius 2 is 2.16 bits per heavy atom. The average Bonchev–Trinajstić information content (AvgIpc) is 3.23. The van der Waals surface area contributed by atoms with Gasteiger partial charge in [0.25, 0.3) is 0 Å². The fourth-order valence-electron chi connectivity index (χ4n) is 2.79. The molecule has 0 aliphatic rings. The number of rotatable bonds is 4. The van der Waals surface area contributed by atoms with Crippen molar-refractivity contribution >= 4 is 50.7 Å². The number of aryl methyl sites for hydroxylation is 2. The number of hydrogen-bond acceptors (Lipinski definition) is 6. The molecule has 1 N–H and O–H groups in total. The van der Waals surface area contributed by atoms with Gasteiger partial charge in [0, 0.05) is 17.0 Å². The highest BCUT2D eigenvalue weighted by Gasteiger charge is 2.14. The van der Waals surface area contributed by atoms with E-state index in [1.807, 2.05) is 15.8 Å². The zero-order chi connectivity index (χ0) is 17.4. The van der Waals surface area contributed by atoms with E-state index in [1.54, 1.807) is 6.20 Å². The summed E-state index contributed by atoms with van der Waals surface area (Å²) in [7, 11) is 0. The molecule has 3 aromatic heterocycles. The van der Waals surface area contributed by atoms with Gasteiger partial charge in [-0.15, -0.1) is 21.5 Å². The van der Waals surface area contributed by atoms with E-state index in [2.05, 4.69) is 52.5 Å². The molecule has 4 rings (SSSR count). The van der Waals surface area contributed by atoms with E-state index in [1.165, 1.54) is 28.5 Å². The SMILES string of the molecule is Cc1cc2nnc(SCC(=O)Nc3nccs3)n2c2c(C)cccc12. The highest BCUT2D eigenvalue weighted by molar-refractivity contribution is 7.99. The summed E-state index contributed by atoms with van der Waals surface area (Å²) < 4.78 is 2.03. The number of amides is 1. The van der Waals surface area contributed by atoms with Gasteiger partial charge >= 0.3 is 0 Å². The summed E-state index contributed by atoms with van der Waals surface area (Å²) in [4.78, 5) is 16.2. The molecule has 3 heterocycles. The molecule has 0 atom stereocenters. The van der Waals surface area contributed by atoms with Crippen LogP contribution in [0.1, 0.15) is 11.1 Å². The fraction of sp³-hybridized carbons (Fsp3) is 0.176. The molecule has 0 bridgehead atoms. The summed E-state index contributed by atoms with van der Waals surface area (Å²) in [5, 5.41) is 15.6. The third-order valence-electron chi connectivity index (χ3n) is 3.90. The largest absolute Gasteiger partial charge is 0.301 e. The molecule has 4 aromatic rings. The minimum Gasteiger partial charge on any atom is -0.301 e. The standard InChI is InChI=1S/C17H15N5OS2/c1-10-4-3-5-12-11(2)8-13-20-21-17(22(13)15(10)12)25-9-14(23)19-16-18-6-7-24-16/h3-8H,9H2,1-2H3,(H,18,19,23). The zero-order valence-corrected chi connectivity index (χ0v) is 15.3. The summed E-state index contributed by atoms with van der Waals surface area (Å²) in [6, 6.07) is 8.25. The first-order valence-corrected chi connectivity index (χ1v) is 9.56. The number of nitrogens with zero attached hydrogens (tertiary/aromatic N) is 4. The topological polar surface area (TPSA) is 72.2 Å². The lowest BCUT2D eigenvalue weighted by atomic mass is 10.1. The molecule has 8 heteroatoms. The lowest BCUT2D eigenvalue weighted by Crippen LogP contribution is -2.14. The Morgan fingerprint density at radius 3 is 2.96 bits per heavy atom. The quantitative estimate of drug-likeness (QED) is 0.556. The molecule has 0 spiro atoms. The van der Waals surface area contributed by atoms with Gasteiger partial charge in [-0.1, -0.05) is 30.0 Å². The number of thiazole rings is 1. The molecular weight excluding hydrogens is 354 g/mol. The summed E-state index contributed by atoms with van der Waals surface area (Å²) in [5.74, 6) is 0.145. The van der Waals surface area contributed by atoms with Crippen LogP contribution in [0.5, 0.6) is 0 Å². The van der Waals surface area contributed by atoms with Crippen LogP contribution in [0.3, 0.4) is 0 Å². The first-order valence-electron chi connectivity index (χ1n) is 7.69. The number of anilines is 1. The van der Waals surface area contributed by atoms with Crippen molar-refractivity contribution in [2.24, 2.45) is 0 Å². The highest BCUT2D eigenvalue weighted by atomic mass is 32.2. The monoisotopic (exact) mass is 369 g/mol. The summed E-state index contributed by atoms with van der Waals surface area (Å²) in [6.07, 6.45) is 1.66. The molecule has 0 aliphatic heterocycles. The Bertz CT molecular complexity index is 1070. The van der Waals surface area contributed by atoms with E-state index in [0.29, 0.717) is 10.3 Å². The van der Waals surface area contributed by atoms with Crippen molar-refractivity contribution in [3.05, 3.63) is 47.0 Å². The van der Waals surface area contributed by atoms with Crippen molar-refractivity contribution in [2.45, 2.75) is 19.0 Å². The number of pyridine rings is 1. The van der Waals surface area contributed by atoms with Crippen LogP contribution in [0, 0.1) is 13.8 Å². The molecule has 0 radical (unpaired) electrons. The maximum atomic E-state index is 12.1. The molecule has 0 unspecified atom stereocenters. The summed E-state index contributed by atoms with van der Waals surface area (Å²) in [6.45, 7) is 4.15. The normalized spacial score (nSPS) is 11.3. The van der Waals surface area contributed by atoms with Gasteiger partial charge in [0.2, 0.25) is 5.91 Å². The third kappa shape index (κ3) is 2.98. The molecule has 126 valence electrons. The number of aromatic nitrogens is 4. The van der Waals surface area contributed by atoms with Gasteiger partial charge in [-0.05, 0) is 31.0 Å². The van der Waals surface area contributed by atoms with Crippen LogP contribution in [-0.2, 0) is 4.79 Å². The third-order valence-corrected chi connectivity index (χ3v) is 5.52. The zero-order valence-electron chi connectivity index (χ0n) is 13.7. The van der Waals surface area contributed by atoms with Crippen LogP contribution >= 0.6 is 23.1 Å². The van der Waals surface area contributed by atoms with Gasteiger partial charge in [-0.3, -0.25) is 9.20 Å². The molecule has 0 aliphatic carbocycles. The van der Waals surface area contributed by atoms with Crippen molar-refractivity contribution < 1.29 is 4.79 Å². The van der Waals surface area contributed by atoms with E-state index in [4.69, 9.17) is 0 Å². The van der Waals surface area contributed by atoms with Crippen LogP contribution in [0.4, 0.5) is 5.13 Å². The van der Waals surface area contributed by atoms with Crippen LogP contribution in [-0.4, -0.2) is 31.2 Å². The molecular formula is C17H15N5OS2. The molecule has 25 heavy (non-hydrogen) atoms. The first-order chi connectivity index (χ1) is 12.1. The van der Waals surface area contributed by atoms with E-state index in [-0.39, 0.29) is 11.7 Å². The van der Waals surface area contributed by atoms with Crippen LogP contribution in [0.25, 0.3) is 16.6 Å². The fourth-order valence-corrected chi connectivity index (χ4v) is 4.08. The van der Waals surface area contributed by atoms with Crippen molar-refractivity contribution in [2.75, 3.05) is 11.1 Å². The Balaban J connectivity index is 1.67. The minimum absolute atomic E-state index is 0.107. The van der Waals surface area contributed by atoms with Gasteiger partial charge in [-0.25, -0.2) is 4.98 Å². The average molecular weight is 369 g/mol. The summed E-state index contributed by atoms with van der Waals surface area (Å²) in [5.41, 5.74) is 4.20. The molecule has 0 fully saturated rings.